The van der Waals surface area contributed by atoms with Crippen LogP contribution in [0.5, 0.6) is 0 Å². The van der Waals surface area contributed by atoms with Crippen molar-refractivity contribution in [3.8, 4) is 0 Å². The lowest BCUT2D eigenvalue weighted by molar-refractivity contribution is -0.133. The average Bonchev–Trinajstić information content (AvgIpc) is 2.89. The number of carboxylic acid groups (broad SMARTS) is 1. The molecule has 1 aromatic rings. The van der Waals surface area contributed by atoms with Gasteiger partial charge >= 0.3 is 5.97 Å². The summed E-state index contributed by atoms with van der Waals surface area (Å²) in [5.74, 6) is -0.0937. The van der Waals surface area contributed by atoms with Crippen molar-refractivity contribution in [2.45, 2.75) is 44.0 Å². The van der Waals surface area contributed by atoms with Crippen molar-refractivity contribution in [3.05, 3.63) is 0 Å². The Balaban J connectivity index is 2.02. The summed E-state index contributed by atoms with van der Waals surface area (Å²) < 4.78 is 7.69. The van der Waals surface area contributed by atoms with Gasteiger partial charge in [0.1, 0.15) is 0 Å². The zero-order valence-corrected chi connectivity index (χ0v) is 13.3. The molecule has 1 fully saturated rings. The molecule has 1 unspecified atom stereocenters. The average molecular weight is 314 g/mol. The van der Waals surface area contributed by atoms with Crippen LogP contribution in [0.1, 0.15) is 26.2 Å². The van der Waals surface area contributed by atoms with Crippen LogP contribution in [-0.2, 0) is 16.1 Å². The number of carbonyl (C=O) groups is 1. The lowest BCUT2D eigenvalue weighted by Crippen LogP contribution is -2.34. The molecule has 0 aromatic carbocycles. The Bertz CT molecular complexity index is 474. The number of nitrogens with zero attached hydrogens (tertiary/aromatic N) is 4. The van der Waals surface area contributed by atoms with E-state index in [9.17, 15) is 4.79 Å². The minimum absolute atomic E-state index is 0.00637. The van der Waals surface area contributed by atoms with Gasteiger partial charge in [0.05, 0.1) is 11.9 Å². The van der Waals surface area contributed by atoms with E-state index in [1.54, 1.807) is 0 Å². The summed E-state index contributed by atoms with van der Waals surface area (Å²) in [7, 11) is 1.97. The van der Waals surface area contributed by atoms with Crippen LogP contribution in [0.25, 0.3) is 0 Å². The maximum absolute atomic E-state index is 10.7. The van der Waals surface area contributed by atoms with Gasteiger partial charge in [0, 0.05) is 26.7 Å². The Morgan fingerprint density at radius 3 is 2.95 bits per heavy atom. The standard InChI is InChI=1S/C13H22N4O3S/c1-3-17-12(14-15-13(17)21-9-11(18)19)16(2)8-10-6-4-5-7-20-10/h10H,3-9H2,1-2H3,(H,18,19). The highest BCUT2D eigenvalue weighted by Crippen LogP contribution is 2.22. The Morgan fingerprint density at radius 1 is 1.52 bits per heavy atom. The monoisotopic (exact) mass is 314 g/mol. The molecule has 8 heteroatoms. The first-order chi connectivity index (χ1) is 10.1. The maximum Gasteiger partial charge on any atom is 0.313 e. The number of rotatable bonds is 7. The molecular weight excluding hydrogens is 292 g/mol. The van der Waals surface area contributed by atoms with Gasteiger partial charge in [0.25, 0.3) is 0 Å². The zero-order valence-electron chi connectivity index (χ0n) is 12.5. The van der Waals surface area contributed by atoms with Crippen molar-refractivity contribution in [2.75, 3.05) is 30.9 Å². The van der Waals surface area contributed by atoms with Gasteiger partial charge in [-0.2, -0.15) is 0 Å². The number of thioether (sulfide) groups is 1. The van der Waals surface area contributed by atoms with E-state index < -0.39 is 5.97 Å². The van der Waals surface area contributed by atoms with Crippen molar-refractivity contribution in [1.82, 2.24) is 14.8 Å². The van der Waals surface area contributed by atoms with Crippen molar-refractivity contribution < 1.29 is 14.6 Å². The molecule has 1 N–H and O–H groups in total. The summed E-state index contributed by atoms with van der Waals surface area (Å²) in [5, 5.41) is 17.7. The van der Waals surface area contributed by atoms with Crippen LogP contribution in [0.3, 0.4) is 0 Å². The molecule has 1 aliphatic heterocycles. The second-order valence-corrected chi connectivity index (χ2v) is 6.02. The molecule has 0 amide bonds. The molecule has 21 heavy (non-hydrogen) atoms. The van der Waals surface area contributed by atoms with Gasteiger partial charge in [0.2, 0.25) is 5.95 Å². The third kappa shape index (κ3) is 4.34. The SMILES string of the molecule is CCn1c(SCC(=O)O)nnc1N(C)CC1CCCCO1. The minimum atomic E-state index is -0.851. The summed E-state index contributed by atoms with van der Waals surface area (Å²) in [6, 6.07) is 0. The van der Waals surface area contributed by atoms with E-state index in [1.807, 2.05) is 23.4 Å². The molecule has 1 aliphatic rings. The van der Waals surface area contributed by atoms with Gasteiger partial charge in [-0.25, -0.2) is 0 Å². The largest absolute Gasteiger partial charge is 0.481 e. The maximum atomic E-state index is 10.7. The molecular formula is C13H22N4O3S. The molecule has 2 heterocycles. The van der Waals surface area contributed by atoms with Crippen molar-refractivity contribution in [1.29, 1.82) is 0 Å². The third-order valence-corrected chi connectivity index (χ3v) is 4.38. The van der Waals surface area contributed by atoms with Crippen molar-refractivity contribution >= 4 is 23.7 Å². The highest BCUT2D eigenvalue weighted by Gasteiger charge is 2.20. The summed E-state index contributed by atoms with van der Waals surface area (Å²) in [5.41, 5.74) is 0. The van der Waals surface area contributed by atoms with Gasteiger partial charge in [-0.05, 0) is 26.2 Å². The summed E-state index contributed by atoms with van der Waals surface area (Å²) in [4.78, 5) is 12.7. The van der Waals surface area contributed by atoms with Crippen LogP contribution < -0.4 is 4.90 Å². The van der Waals surface area contributed by atoms with E-state index in [-0.39, 0.29) is 11.9 Å². The Labute approximate surface area is 128 Å². The van der Waals surface area contributed by atoms with Crippen molar-refractivity contribution in [3.63, 3.8) is 0 Å². The second kappa shape index (κ2) is 7.65. The van der Waals surface area contributed by atoms with Gasteiger partial charge in [-0.3, -0.25) is 9.36 Å². The molecule has 118 valence electrons. The van der Waals surface area contributed by atoms with Crippen LogP contribution in [0.2, 0.25) is 0 Å². The van der Waals surface area contributed by atoms with E-state index in [0.717, 1.165) is 31.9 Å². The second-order valence-electron chi connectivity index (χ2n) is 5.08. The third-order valence-electron chi connectivity index (χ3n) is 3.43. The molecule has 7 nitrogen and oxygen atoms in total. The van der Waals surface area contributed by atoms with Gasteiger partial charge in [-0.1, -0.05) is 11.8 Å². The smallest absolute Gasteiger partial charge is 0.313 e. The Hall–Kier alpha value is -1.28. The first-order valence-corrected chi connectivity index (χ1v) is 8.21. The lowest BCUT2D eigenvalue weighted by Gasteiger charge is -2.28. The van der Waals surface area contributed by atoms with Crippen LogP contribution in [0.4, 0.5) is 5.95 Å². The fraction of sp³-hybridized carbons (Fsp3) is 0.769. The molecule has 0 aliphatic carbocycles. The van der Waals surface area contributed by atoms with Crippen LogP contribution in [-0.4, -0.2) is 57.9 Å². The first-order valence-electron chi connectivity index (χ1n) is 7.22. The number of ether oxygens (including phenoxy) is 1. The number of aliphatic carboxylic acids is 1. The van der Waals surface area contributed by atoms with E-state index >= 15 is 0 Å². The fourth-order valence-corrected chi connectivity index (χ4v) is 3.13. The Morgan fingerprint density at radius 2 is 2.33 bits per heavy atom. The minimum Gasteiger partial charge on any atom is -0.481 e. The van der Waals surface area contributed by atoms with E-state index in [2.05, 4.69) is 10.2 Å². The van der Waals surface area contributed by atoms with E-state index in [1.165, 1.54) is 18.2 Å². The lowest BCUT2D eigenvalue weighted by atomic mass is 10.1. The number of likely N-dealkylation sites (N-methyl/N-ethyl adjacent to an activating group) is 1. The van der Waals surface area contributed by atoms with Crippen molar-refractivity contribution in [2.24, 2.45) is 0 Å². The number of aromatic nitrogens is 3. The summed E-state index contributed by atoms with van der Waals surface area (Å²) in [6.45, 7) is 4.32. The predicted molar refractivity (Wildman–Crippen MR) is 80.9 cm³/mol. The van der Waals surface area contributed by atoms with Crippen LogP contribution >= 0.6 is 11.8 Å². The summed E-state index contributed by atoms with van der Waals surface area (Å²) >= 11 is 1.20. The number of hydrogen-bond donors (Lipinski definition) is 1. The fourth-order valence-electron chi connectivity index (χ4n) is 2.41. The number of anilines is 1. The van der Waals surface area contributed by atoms with Gasteiger partial charge in [-0.15, -0.1) is 10.2 Å². The van der Waals surface area contributed by atoms with Gasteiger partial charge in [0.15, 0.2) is 5.16 Å². The van der Waals surface area contributed by atoms with E-state index in [0.29, 0.717) is 11.7 Å². The molecule has 1 saturated heterocycles. The topological polar surface area (TPSA) is 80.5 Å². The van der Waals surface area contributed by atoms with Gasteiger partial charge < -0.3 is 14.7 Å². The zero-order chi connectivity index (χ0) is 15.2. The molecule has 0 spiro atoms. The highest BCUT2D eigenvalue weighted by molar-refractivity contribution is 7.99. The molecule has 0 radical (unpaired) electrons. The Kier molecular flexibility index (Phi) is 5.86. The van der Waals surface area contributed by atoms with Crippen LogP contribution in [0, 0.1) is 0 Å². The molecule has 2 rings (SSSR count). The number of carboxylic acids is 1. The summed E-state index contributed by atoms with van der Waals surface area (Å²) in [6.07, 6.45) is 3.66. The molecule has 0 saturated carbocycles. The van der Waals surface area contributed by atoms with Crippen LogP contribution in [0.15, 0.2) is 5.16 Å². The van der Waals surface area contributed by atoms with E-state index in [4.69, 9.17) is 9.84 Å². The first kappa shape index (κ1) is 16.1. The predicted octanol–water partition coefficient (Wildman–Crippen LogP) is 1.48. The normalized spacial score (nSPS) is 18.7. The number of hydrogen-bond acceptors (Lipinski definition) is 6. The molecule has 1 atom stereocenters. The highest BCUT2D eigenvalue weighted by atomic mass is 32.2. The quantitative estimate of drug-likeness (QED) is 0.763. The molecule has 0 bridgehead atoms. The molecule has 1 aromatic heterocycles.